The fourth-order valence-electron chi connectivity index (χ4n) is 3.19. The molecule has 0 radical (unpaired) electrons. The number of nitrogens with two attached hydrogens (primary N) is 1. The maximum Gasteiger partial charge on any atom is 0.261 e. The van der Waals surface area contributed by atoms with E-state index in [0.29, 0.717) is 5.75 Å². The largest absolute Gasteiger partial charge is 0.495 e. The molecule has 0 saturated carbocycles. The maximum absolute atomic E-state index is 12.7. The Morgan fingerprint density at radius 3 is 2.46 bits per heavy atom. The Labute approximate surface area is 169 Å². The molecule has 3 rings (SSSR count). The first-order valence-electron chi connectivity index (χ1n) is 8.87. The molecule has 1 fully saturated rings. The van der Waals surface area contributed by atoms with Gasteiger partial charge in [0.25, 0.3) is 15.9 Å². The lowest BCUT2D eigenvalue weighted by Crippen LogP contribution is -2.29. The number of rotatable bonds is 6. The highest BCUT2D eigenvalue weighted by atomic mass is 35.5. The van der Waals surface area contributed by atoms with Crippen molar-refractivity contribution in [3.8, 4) is 5.75 Å². The van der Waals surface area contributed by atoms with Crippen LogP contribution >= 0.6 is 11.6 Å². The van der Waals surface area contributed by atoms with E-state index in [4.69, 9.17) is 22.1 Å². The number of nitrogens with one attached hydrogen (secondary N) is 1. The highest BCUT2D eigenvalue weighted by Gasteiger charge is 2.21. The lowest BCUT2D eigenvalue weighted by molar-refractivity contribution is 0.100. The number of ether oxygens (including phenoxy) is 1. The summed E-state index contributed by atoms with van der Waals surface area (Å²) >= 11 is 6.03. The number of anilines is 2. The third kappa shape index (κ3) is 4.34. The van der Waals surface area contributed by atoms with Crippen LogP contribution in [0.4, 0.5) is 11.4 Å². The number of piperidine rings is 1. The Kier molecular flexibility index (Phi) is 6.00. The van der Waals surface area contributed by atoms with E-state index in [2.05, 4.69) is 9.62 Å². The molecule has 0 bridgehead atoms. The van der Waals surface area contributed by atoms with E-state index in [1.807, 2.05) is 0 Å². The van der Waals surface area contributed by atoms with Crippen LogP contribution in [0.5, 0.6) is 5.75 Å². The first kappa shape index (κ1) is 20.3. The Balaban J connectivity index is 1.92. The standard InChI is InChI=1S/C19H22ClN3O4S/c1-27-18-8-6-14(12-16(18)20)28(25,26)22-17-7-5-13(11-15(17)19(21)24)23-9-3-2-4-10-23/h5-8,11-12,22H,2-4,9-10H2,1H3,(H2,21,24). The van der Waals surface area contributed by atoms with Crippen LogP contribution in [0.25, 0.3) is 0 Å². The number of nitrogens with zero attached hydrogens (tertiary/aromatic N) is 1. The van der Waals surface area contributed by atoms with Crippen molar-refractivity contribution in [3.05, 3.63) is 47.0 Å². The average Bonchev–Trinajstić information content (AvgIpc) is 2.68. The molecule has 0 atom stereocenters. The highest BCUT2D eigenvalue weighted by Crippen LogP contribution is 2.30. The van der Waals surface area contributed by atoms with E-state index in [1.54, 1.807) is 18.2 Å². The predicted molar refractivity (Wildman–Crippen MR) is 110 cm³/mol. The number of sulfonamides is 1. The number of methoxy groups -OCH3 is 1. The number of primary amides is 1. The van der Waals surface area contributed by atoms with E-state index in [0.717, 1.165) is 31.6 Å². The molecule has 0 unspecified atom stereocenters. The molecule has 150 valence electrons. The molecule has 0 aliphatic carbocycles. The van der Waals surface area contributed by atoms with E-state index < -0.39 is 15.9 Å². The monoisotopic (exact) mass is 423 g/mol. The molecule has 1 heterocycles. The summed E-state index contributed by atoms with van der Waals surface area (Å²) in [4.78, 5) is 14.1. The summed E-state index contributed by atoms with van der Waals surface area (Å²) in [5.74, 6) is -0.339. The average molecular weight is 424 g/mol. The molecule has 28 heavy (non-hydrogen) atoms. The van der Waals surface area contributed by atoms with Gasteiger partial charge in [-0.25, -0.2) is 8.42 Å². The fourth-order valence-corrected chi connectivity index (χ4v) is 4.62. The molecule has 1 saturated heterocycles. The zero-order valence-electron chi connectivity index (χ0n) is 15.4. The maximum atomic E-state index is 12.7. The Morgan fingerprint density at radius 1 is 1.14 bits per heavy atom. The van der Waals surface area contributed by atoms with Crippen LogP contribution in [0.3, 0.4) is 0 Å². The summed E-state index contributed by atoms with van der Waals surface area (Å²) in [5.41, 5.74) is 6.60. The Hall–Kier alpha value is -2.45. The lowest BCUT2D eigenvalue weighted by Gasteiger charge is -2.29. The highest BCUT2D eigenvalue weighted by molar-refractivity contribution is 7.92. The van der Waals surface area contributed by atoms with E-state index in [1.165, 1.54) is 31.7 Å². The molecule has 1 amide bonds. The molecule has 1 aliphatic heterocycles. The summed E-state index contributed by atoms with van der Waals surface area (Å²) in [5, 5.41) is 0.168. The van der Waals surface area contributed by atoms with Crippen LogP contribution in [0.1, 0.15) is 29.6 Å². The molecule has 2 aromatic carbocycles. The van der Waals surface area contributed by atoms with Gasteiger partial charge in [-0.3, -0.25) is 9.52 Å². The van der Waals surface area contributed by atoms with Crippen LogP contribution in [-0.4, -0.2) is 34.5 Å². The van der Waals surface area contributed by atoms with Gasteiger partial charge in [-0.1, -0.05) is 11.6 Å². The minimum Gasteiger partial charge on any atom is -0.495 e. The van der Waals surface area contributed by atoms with Gasteiger partial charge in [0.05, 0.1) is 28.3 Å². The van der Waals surface area contributed by atoms with Crippen LogP contribution < -0.4 is 20.1 Å². The second-order valence-corrected chi connectivity index (χ2v) is 8.63. The van der Waals surface area contributed by atoms with Gasteiger partial charge < -0.3 is 15.4 Å². The molecular weight excluding hydrogens is 402 g/mol. The van der Waals surface area contributed by atoms with Crippen LogP contribution in [0.15, 0.2) is 41.3 Å². The quantitative estimate of drug-likeness (QED) is 0.742. The van der Waals surface area contributed by atoms with Crippen LogP contribution in [0.2, 0.25) is 5.02 Å². The number of halogens is 1. The van der Waals surface area contributed by atoms with Crippen molar-refractivity contribution in [2.45, 2.75) is 24.2 Å². The third-order valence-corrected chi connectivity index (χ3v) is 6.33. The van der Waals surface area contributed by atoms with Gasteiger partial charge in [-0.2, -0.15) is 0 Å². The number of hydrogen-bond acceptors (Lipinski definition) is 5. The first-order chi connectivity index (χ1) is 13.3. The number of carbonyl (C=O) groups is 1. The van der Waals surface area contributed by atoms with Crippen molar-refractivity contribution >= 4 is 38.9 Å². The summed E-state index contributed by atoms with van der Waals surface area (Å²) in [6.07, 6.45) is 3.35. The van der Waals surface area contributed by atoms with E-state index in [-0.39, 0.29) is 21.2 Å². The second kappa shape index (κ2) is 8.28. The van der Waals surface area contributed by atoms with Gasteiger partial charge >= 0.3 is 0 Å². The van der Waals surface area contributed by atoms with Gasteiger partial charge in [0.1, 0.15) is 5.75 Å². The Morgan fingerprint density at radius 2 is 1.86 bits per heavy atom. The van der Waals surface area contributed by atoms with E-state index >= 15 is 0 Å². The van der Waals surface area contributed by atoms with Crippen molar-refractivity contribution in [1.29, 1.82) is 0 Å². The molecular formula is C19H22ClN3O4S. The Bertz CT molecular complexity index is 989. The lowest BCUT2D eigenvalue weighted by atomic mass is 10.1. The van der Waals surface area contributed by atoms with Crippen molar-refractivity contribution in [2.75, 3.05) is 29.8 Å². The van der Waals surface area contributed by atoms with Gasteiger partial charge in [-0.05, 0) is 55.7 Å². The van der Waals surface area contributed by atoms with Crippen molar-refractivity contribution in [2.24, 2.45) is 5.73 Å². The third-order valence-electron chi connectivity index (χ3n) is 4.67. The van der Waals surface area contributed by atoms with E-state index in [9.17, 15) is 13.2 Å². The summed E-state index contributed by atoms with van der Waals surface area (Å²) < 4.78 is 33.0. The molecule has 0 spiro atoms. The molecule has 1 aliphatic rings. The number of carbonyl (C=O) groups excluding carboxylic acids is 1. The van der Waals surface area contributed by atoms with Crippen molar-refractivity contribution in [3.63, 3.8) is 0 Å². The zero-order chi connectivity index (χ0) is 20.3. The molecule has 2 aromatic rings. The minimum absolute atomic E-state index is 0.0474. The fraction of sp³-hybridized carbons (Fsp3) is 0.316. The molecule has 7 nitrogen and oxygen atoms in total. The molecule has 9 heteroatoms. The predicted octanol–water partition coefficient (Wildman–Crippen LogP) is 3.24. The van der Waals surface area contributed by atoms with Gasteiger partial charge in [0, 0.05) is 18.8 Å². The summed E-state index contributed by atoms with van der Waals surface area (Å²) in [6, 6.07) is 9.11. The zero-order valence-corrected chi connectivity index (χ0v) is 17.0. The summed E-state index contributed by atoms with van der Waals surface area (Å²) in [6.45, 7) is 1.79. The second-order valence-electron chi connectivity index (χ2n) is 6.54. The first-order valence-corrected chi connectivity index (χ1v) is 10.7. The van der Waals surface area contributed by atoms with Gasteiger partial charge in [0.15, 0.2) is 0 Å². The van der Waals surface area contributed by atoms with Gasteiger partial charge in [0.2, 0.25) is 0 Å². The number of hydrogen-bond donors (Lipinski definition) is 2. The van der Waals surface area contributed by atoms with Crippen molar-refractivity contribution in [1.82, 2.24) is 0 Å². The SMILES string of the molecule is COc1ccc(S(=O)(=O)Nc2ccc(N3CCCCC3)cc2C(N)=O)cc1Cl. The topological polar surface area (TPSA) is 102 Å². The smallest absolute Gasteiger partial charge is 0.261 e. The molecule has 0 aromatic heterocycles. The normalized spacial score (nSPS) is 14.6. The summed E-state index contributed by atoms with van der Waals surface area (Å²) in [7, 11) is -2.52. The van der Waals surface area contributed by atoms with Crippen LogP contribution in [0, 0.1) is 0 Å². The van der Waals surface area contributed by atoms with Crippen LogP contribution in [-0.2, 0) is 10.0 Å². The number of amides is 1. The van der Waals surface area contributed by atoms with Gasteiger partial charge in [-0.15, -0.1) is 0 Å². The molecule has 3 N–H and O–H groups in total. The minimum atomic E-state index is -3.97. The number of benzene rings is 2. The van der Waals surface area contributed by atoms with Crippen molar-refractivity contribution < 1.29 is 17.9 Å².